The Bertz CT molecular complexity index is 707. The summed E-state index contributed by atoms with van der Waals surface area (Å²) < 4.78 is 5.43. The minimum atomic E-state index is -1.09. The number of hydrogen-bond donors (Lipinski definition) is 2. The molecular formula is C16H14Cl3NO3. The van der Waals surface area contributed by atoms with Crippen molar-refractivity contribution in [3.05, 3.63) is 62.6 Å². The molecule has 0 bridgehead atoms. The normalized spacial score (nSPS) is 10.4. The third-order valence-corrected chi connectivity index (χ3v) is 4.06. The van der Waals surface area contributed by atoms with E-state index >= 15 is 0 Å². The lowest BCUT2D eigenvalue weighted by atomic mass is 10.1. The number of benzene rings is 2. The fourth-order valence-corrected chi connectivity index (χ4v) is 2.55. The molecule has 0 aliphatic rings. The van der Waals surface area contributed by atoms with E-state index in [4.69, 9.17) is 44.6 Å². The van der Waals surface area contributed by atoms with E-state index in [1.54, 1.807) is 12.1 Å². The van der Waals surface area contributed by atoms with Crippen molar-refractivity contribution in [2.75, 3.05) is 13.2 Å². The first-order chi connectivity index (χ1) is 11.0. The third kappa shape index (κ3) is 5.50. The SMILES string of the molecule is O=C(O)NCCOc1ccc(Cc2ccc(Cl)c(Cl)c2)cc1Cl. The van der Waals surface area contributed by atoms with Gasteiger partial charge in [0.2, 0.25) is 0 Å². The first-order valence-electron chi connectivity index (χ1n) is 6.77. The topological polar surface area (TPSA) is 58.6 Å². The van der Waals surface area contributed by atoms with Gasteiger partial charge in [0.15, 0.2) is 0 Å². The highest BCUT2D eigenvalue weighted by atomic mass is 35.5. The van der Waals surface area contributed by atoms with Gasteiger partial charge in [-0.05, 0) is 41.8 Å². The Kier molecular flexibility index (Phi) is 6.39. The van der Waals surface area contributed by atoms with Gasteiger partial charge in [0.05, 0.1) is 21.6 Å². The zero-order valence-corrected chi connectivity index (χ0v) is 14.3. The van der Waals surface area contributed by atoms with E-state index in [-0.39, 0.29) is 13.2 Å². The molecule has 0 heterocycles. The molecule has 23 heavy (non-hydrogen) atoms. The van der Waals surface area contributed by atoms with Crippen LogP contribution in [0.25, 0.3) is 0 Å². The van der Waals surface area contributed by atoms with Crippen molar-refractivity contribution in [2.24, 2.45) is 0 Å². The Labute approximate surface area is 148 Å². The number of ether oxygens (including phenoxy) is 1. The molecule has 0 spiro atoms. The van der Waals surface area contributed by atoms with Gasteiger partial charge in [0.1, 0.15) is 12.4 Å². The molecule has 7 heteroatoms. The van der Waals surface area contributed by atoms with Gasteiger partial charge in [-0.15, -0.1) is 0 Å². The summed E-state index contributed by atoms with van der Waals surface area (Å²) in [6.45, 7) is 0.398. The predicted octanol–water partition coefficient (Wildman–Crippen LogP) is 4.88. The first-order valence-corrected chi connectivity index (χ1v) is 7.91. The number of hydrogen-bond acceptors (Lipinski definition) is 2. The Morgan fingerprint density at radius 1 is 1.00 bits per heavy atom. The van der Waals surface area contributed by atoms with Crippen molar-refractivity contribution in [1.29, 1.82) is 0 Å². The summed E-state index contributed by atoms with van der Waals surface area (Å²) in [5.74, 6) is 0.511. The lowest BCUT2D eigenvalue weighted by molar-refractivity contribution is 0.191. The molecule has 0 aliphatic carbocycles. The third-order valence-electron chi connectivity index (χ3n) is 3.02. The number of carboxylic acid groups (broad SMARTS) is 1. The molecule has 2 N–H and O–H groups in total. The highest BCUT2D eigenvalue weighted by Gasteiger charge is 2.06. The van der Waals surface area contributed by atoms with Crippen LogP contribution in [-0.4, -0.2) is 24.4 Å². The van der Waals surface area contributed by atoms with Gasteiger partial charge in [-0.2, -0.15) is 0 Å². The average Bonchev–Trinajstić information content (AvgIpc) is 2.49. The van der Waals surface area contributed by atoms with Gasteiger partial charge in [-0.1, -0.05) is 46.9 Å². The second-order valence-corrected chi connectivity index (χ2v) is 5.99. The van der Waals surface area contributed by atoms with Gasteiger partial charge in [0.25, 0.3) is 0 Å². The summed E-state index contributed by atoms with van der Waals surface area (Å²) in [7, 11) is 0. The van der Waals surface area contributed by atoms with Crippen LogP contribution in [0.2, 0.25) is 15.1 Å². The Balaban J connectivity index is 1.98. The maximum atomic E-state index is 10.3. The largest absolute Gasteiger partial charge is 0.490 e. The first kappa shape index (κ1) is 17.7. The van der Waals surface area contributed by atoms with Crippen LogP contribution < -0.4 is 10.1 Å². The van der Waals surface area contributed by atoms with Crippen molar-refractivity contribution < 1.29 is 14.6 Å². The molecule has 1 amide bonds. The molecule has 122 valence electrons. The summed E-state index contributed by atoms with van der Waals surface area (Å²) in [6.07, 6.45) is -0.422. The van der Waals surface area contributed by atoms with Gasteiger partial charge in [-0.3, -0.25) is 0 Å². The van der Waals surface area contributed by atoms with Gasteiger partial charge >= 0.3 is 6.09 Å². The maximum Gasteiger partial charge on any atom is 0.404 e. The van der Waals surface area contributed by atoms with Crippen molar-refractivity contribution in [1.82, 2.24) is 5.32 Å². The summed E-state index contributed by atoms with van der Waals surface area (Å²) in [5, 5.41) is 12.2. The number of rotatable bonds is 6. The highest BCUT2D eigenvalue weighted by molar-refractivity contribution is 6.42. The van der Waals surface area contributed by atoms with Gasteiger partial charge < -0.3 is 15.2 Å². The average molecular weight is 375 g/mol. The van der Waals surface area contributed by atoms with Crippen LogP contribution in [0.5, 0.6) is 5.75 Å². The molecule has 0 saturated carbocycles. The summed E-state index contributed by atoms with van der Waals surface area (Å²) in [6, 6.07) is 11.0. The quantitative estimate of drug-likeness (QED) is 0.708. The van der Waals surface area contributed by atoms with E-state index in [2.05, 4.69) is 5.32 Å². The van der Waals surface area contributed by atoms with E-state index in [0.717, 1.165) is 11.1 Å². The minimum Gasteiger partial charge on any atom is -0.490 e. The van der Waals surface area contributed by atoms with E-state index in [0.29, 0.717) is 27.2 Å². The van der Waals surface area contributed by atoms with Crippen molar-refractivity contribution in [2.45, 2.75) is 6.42 Å². The lowest BCUT2D eigenvalue weighted by Crippen LogP contribution is -2.26. The zero-order chi connectivity index (χ0) is 16.8. The summed E-state index contributed by atoms with van der Waals surface area (Å²) in [5.41, 5.74) is 2.03. The van der Waals surface area contributed by atoms with Crippen LogP contribution in [0, 0.1) is 0 Å². The Morgan fingerprint density at radius 3 is 2.26 bits per heavy atom. The van der Waals surface area contributed by atoms with E-state index in [9.17, 15) is 4.79 Å². The van der Waals surface area contributed by atoms with E-state index in [1.807, 2.05) is 24.3 Å². The number of amides is 1. The van der Waals surface area contributed by atoms with E-state index < -0.39 is 6.09 Å². The van der Waals surface area contributed by atoms with Crippen LogP contribution in [0.3, 0.4) is 0 Å². The fourth-order valence-electron chi connectivity index (χ4n) is 1.98. The summed E-state index contributed by atoms with van der Waals surface area (Å²) >= 11 is 18.1. The smallest absolute Gasteiger partial charge is 0.404 e. The number of halogens is 3. The van der Waals surface area contributed by atoms with Crippen molar-refractivity contribution in [3.63, 3.8) is 0 Å². The van der Waals surface area contributed by atoms with Gasteiger partial charge in [0, 0.05) is 0 Å². The van der Waals surface area contributed by atoms with Crippen LogP contribution in [0.4, 0.5) is 4.79 Å². The van der Waals surface area contributed by atoms with Gasteiger partial charge in [-0.25, -0.2) is 4.79 Å². The molecule has 0 fully saturated rings. The molecule has 0 saturated heterocycles. The second kappa shape index (κ2) is 8.29. The molecule has 2 rings (SSSR count). The Hall–Kier alpha value is -1.62. The predicted molar refractivity (Wildman–Crippen MR) is 92.2 cm³/mol. The molecule has 2 aromatic rings. The second-order valence-electron chi connectivity index (χ2n) is 4.77. The number of nitrogens with one attached hydrogen (secondary N) is 1. The molecule has 0 aliphatic heterocycles. The Morgan fingerprint density at radius 2 is 1.65 bits per heavy atom. The molecule has 0 atom stereocenters. The lowest BCUT2D eigenvalue weighted by Gasteiger charge is -2.10. The standard InChI is InChI=1S/C16H14Cl3NO3/c17-12-3-1-10(8-13(12)18)7-11-2-4-15(14(19)9-11)23-6-5-20-16(21)22/h1-4,8-9,20H,5-7H2,(H,21,22). The maximum absolute atomic E-state index is 10.3. The molecule has 0 unspecified atom stereocenters. The summed E-state index contributed by atoms with van der Waals surface area (Å²) in [4.78, 5) is 10.3. The highest BCUT2D eigenvalue weighted by Crippen LogP contribution is 2.28. The van der Waals surface area contributed by atoms with Crippen LogP contribution >= 0.6 is 34.8 Å². The molecule has 0 radical (unpaired) electrons. The molecule has 2 aromatic carbocycles. The van der Waals surface area contributed by atoms with Crippen LogP contribution in [-0.2, 0) is 6.42 Å². The van der Waals surface area contributed by atoms with Crippen molar-refractivity contribution in [3.8, 4) is 5.75 Å². The van der Waals surface area contributed by atoms with Crippen molar-refractivity contribution >= 4 is 40.9 Å². The fraction of sp³-hybridized carbons (Fsp3) is 0.188. The minimum absolute atomic E-state index is 0.191. The molecular weight excluding hydrogens is 361 g/mol. The van der Waals surface area contributed by atoms with E-state index in [1.165, 1.54) is 0 Å². The molecule has 0 aromatic heterocycles. The van der Waals surface area contributed by atoms with Crippen LogP contribution in [0.15, 0.2) is 36.4 Å². The monoisotopic (exact) mass is 373 g/mol. The zero-order valence-electron chi connectivity index (χ0n) is 12.0. The molecule has 4 nitrogen and oxygen atoms in total. The number of carbonyl (C=O) groups is 1. The van der Waals surface area contributed by atoms with Crippen LogP contribution in [0.1, 0.15) is 11.1 Å².